The van der Waals surface area contributed by atoms with Gasteiger partial charge in [0.15, 0.2) is 0 Å². The van der Waals surface area contributed by atoms with Crippen LogP contribution in [-0.2, 0) is 0 Å². The number of halogens is 3. The molecule has 0 amide bonds. The molecule has 0 spiro atoms. The molecule has 0 aliphatic carbocycles. The van der Waals surface area contributed by atoms with Crippen LogP contribution >= 0.6 is 31.9 Å². The Morgan fingerprint density at radius 3 is 2.29 bits per heavy atom. The van der Waals surface area contributed by atoms with E-state index in [-0.39, 0.29) is 11.9 Å². The van der Waals surface area contributed by atoms with Crippen LogP contribution in [0.4, 0.5) is 4.39 Å². The van der Waals surface area contributed by atoms with E-state index in [0.717, 1.165) is 20.1 Å². The first-order valence-electron chi connectivity index (χ1n) is 5.04. The van der Waals surface area contributed by atoms with Gasteiger partial charge in [-0.3, -0.25) is 0 Å². The summed E-state index contributed by atoms with van der Waals surface area (Å²) in [6, 6.07) is 11.9. The maximum atomic E-state index is 13.2. The quantitative estimate of drug-likeness (QED) is 0.845. The van der Waals surface area contributed by atoms with Gasteiger partial charge in [0.2, 0.25) is 0 Å². The third-order valence-corrected chi connectivity index (χ3v) is 3.77. The van der Waals surface area contributed by atoms with Gasteiger partial charge in [-0.05, 0) is 41.5 Å². The van der Waals surface area contributed by atoms with Crippen LogP contribution in [0.3, 0.4) is 0 Å². The van der Waals surface area contributed by atoms with Crippen LogP contribution in [-0.4, -0.2) is 0 Å². The fraction of sp³-hybridized carbons (Fsp3) is 0.0769. The largest absolute Gasteiger partial charge is 0.320 e. The second-order valence-electron chi connectivity index (χ2n) is 3.70. The van der Waals surface area contributed by atoms with Crippen LogP contribution in [0.15, 0.2) is 51.4 Å². The van der Waals surface area contributed by atoms with Gasteiger partial charge >= 0.3 is 0 Å². The first-order valence-corrected chi connectivity index (χ1v) is 6.62. The third-order valence-electron chi connectivity index (χ3n) is 2.52. The van der Waals surface area contributed by atoms with Crippen molar-refractivity contribution in [1.82, 2.24) is 0 Å². The molecular weight excluding hydrogens is 349 g/mol. The molecule has 1 nitrogen and oxygen atoms in total. The monoisotopic (exact) mass is 357 g/mol. The van der Waals surface area contributed by atoms with Gasteiger partial charge in [0, 0.05) is 8.95 Å². The van der Waals surface area contributed by atoms with E-state index in [4.69, 9.17) is 5.73 Å². The predicted octanol–water partition coefficient (Wildman–Crippen LogP) is 4.40. The summed E-state index contributed by atoms with van der Waals surface area (Å²) < 4.78 is 15.0. The maximum absolute atomic E-state index is 13.2. The minimum Gasteiger partial charge on any atom is -0.320 e. The molecule has 2 aromatic carbocycles. The lowest BCUT2D eigenvalue weighted by molar-refractivity contribution is 0.623. The molecule has 0 heterocycles. The molecule has 1 atom stereocenters. The number of rotatable bonds is 2. The van der Waals surface area contributed by atoms with Crippen molar-refractivity contribution < 1.29 is 4.39 Å². The van der Waals surface area contributed by atoms with Gasteiger partial charge in [-0.15, -0.1) is 0 Å². The van der Waals surface area contributed by atoms with Crippen molar-refractivity contribution >= 4 is 31.9 Å². The van der Waals surface area contributed by atoms with Crippen LogP contribution in [0.5, 0.6) is 0 Å². The molecule has 4 heteroatoms. The van der Waals surface area contributed by atoms with Crippen LogP contribution in [0.25, 0.3) is 0 Å². The molecule has 1 unspecified atom stereocenters. The molecule has 17 heavy (non-hydrogen) atoms. The summed E-state index contributed by atoms with van der Waals surface area (Å²) in [6.07, 6.45) is 0. The highest BCUT2D eigenvalue weighted by molar-refractivity contribution is 9.10. The molecule has 0 fully saturated rings. The van der Waals surface area contributed by atoms with Crippen molar-refractivity contribution in [2.24, 2.45) is 5.73 Å². The van der Waals surface area contributed by atoms with E-state index in [9.17, 15) is 4.39 Å². The third kappa shape index (κ3) is 2.94. The number of hydrogen-bond acceptors (Lipinski definition) is 1. The lowest BCUT2D eigenvalue weighted by atomic mass is 10.00. The van der Waals surface area contributed by atoms with Gasteiger partial charge in [-0.2, -0.15) is 0 Å². The number of hydrogen-bond donors (Lipinski definition) is 1. The second-order valence-corrected chi connectivity index (χ2v) is 5.47. The van der Waals surface area contributed by atoms with Crippen molar-refractivity contribution in [3.63, 3.8) is 0 Å². The minimum atomic E-state index is -0.340. The Morgan fingerprint density at radius 2 is 1.65 bits per heavy atom. The standard InChI is InChI=1S/C13H10Br2FN/c14-9-3-1-8(2-4-9)13(17)11-7-10(16)5-6-12(11)15/h1-7,13H,17H2. The summed E-state index contributed by atoms with van der Waals surface area (Å²) in [6.45, 7) is 0. The molecule has 0 aliphatic heterocycles. The first-order chi connectivity index (χ1) is 8.08. The van der Waals surface area contributed by atoms with Crippen molar-refractivity contribution in [1.29, 1.82) is 0 Å². The van der Waals surface area contributed by atoms with Crippen molar-refractivity contribution in [3.05, 3.63) is 68.4 Å². The van der Waals surface area contributed by atoms with E-state index in [2.05, 4.69) is 31.9 Å². The Bertz CT molecular complexity index is 525. The van der Waals surface area contributed by atoms with E-state index in [1.54, 1.807) is 6.07 Å². The van der Waals surface area contributed by atoms with Gasteiger partial charge < -0.3 is 5.73 Å². The summed E-state index contributed by atoms with van der Waals surface area (Å²) in [5.41, 5.74) is 7.81. The molecule has 2 N–H and O–H groups in total. The summed E-state index contributed by atoms with van der Waals surface area (Å²) in [5.74, 6) is -0.282. The molecular formula is C13H10Br2FN. The highest BCUT2D eigenvalue weighted by atomic mass is 79.9. The maximum Gasteiger partial charge on any atom is 0.123 e. The van der Waals surface area contributed by atoms with E-state index >= 15 is 0 Å². The molecule has 88 valence electrons. The van der Waals surface area contributed by atoms with Gasteiger partial charge in [0.1, 0.15) is 5.82 Å². The van der Waals surface area contributed by atoms with E-state index < -0.39 is 0 Å². The Kier molecular flexibility index (Phi) is 3.97. The molecule has 2 rings (SSSR count). The van der Waals surface area contributed by atoms with Crippen molar-refractivity contribution in [2.45, 2.75) is 6.04 Å². The zero-order valence-electron chi connectivity index (χ0n) is 8.83. The van der Waals surface area contributed by atoms with Crippen molar-refractivity contribution in [3.8, 4) is 0 Å². The normalized spacial score (nSPS) is 12.5. The molecule has 0 aromatic heterocycles. The fourth-order valence-electron chi connectivity index (χ4n) is 1.60. The van der Waals surface area contributed by atoms with Gasteiger partial charge in [0.05, 0.1) is 6.04 Å². The van der Waals surface area contributed by atoms with Crippen LogP contribution in [0, 0.1) is 5.82 Å². The smallest absolute Gasteiger partial charge is 0.123 e. The molecule has 0 radical (unpaired) electrons. The number of nitrogens with two attached hydrogens (primary N) is 1. The van der Waals surface area contributed by atoms with E-state index in [1.807, 2.05) is 24.3 Å². The van der Waals surface area contributed by atoms with E-state index in [0.29, 0.717) is 0 Å². The van der Waals surface area contributed by atoms with Crippen molar-refractivity contribution in [2.75, 3.05) is 0 Å². The lowest BCUT2D eigenvalue weighted by Gasteiger charge is -2.14. The summed E-state index contributed by atoms with van der Waals surface area (Å²) in [4.78, 5) is 0. The Balaban J connectivity index is 2.39. The Morgan fingerprint density at radius 1 is 1.00 bits per heavy atom. The Hall–Kier alpha value is -0.710. The molecule has 0 bridgehead atoms. The lowest BCUT2D eigenvalue weighted by Crippen LogP contribution is -2.12. The van der Waals surface area contributed by atoms with Crippen LogP contribution in [0.2, 0.25) is 0 Å². The average molecular weight is 359 g/mol. The summed E-state index contributed by atoms with van der Waals surface area (Å²) in [7, 11) is 0. The summed E-state index contributed by atoms with van der Waals surface area (Å²) >= 11 is 6.75. The predicted molar refractivity (Wildman–Crippen MR) is 74.3 cm³/mol. The highest BCUT2D eigenvalue weighted by Gasteiger charge is 2.12. The zero-order chi connectivity index (χ0) is 12.4. The zero-order valence-corrected chi connectivity index (χ0v) is 12.0. The topological polar surface area (TPSA) is 26.0 Å². The first kappa shape index (κ1) is 12.7. The molecule has 0 saturated heterocycles. The number of benzene rings is 2. The highest BCUT2D eigenvalue weighted by Crippen LogP contribution is 2.28. The summed E-state index contributed by atoms with van der Waals surface area (Å²) in [5, 5.41) is 0. The van der Waals surface area contributed by atoms with Crippen LogP contribution in [0.1, 0.15) is 17.2 Å². The average Bonchev–Trinajstić information content (AvgIpc) is 2.32. The van der Waals surface area contributed by atoms with Gasteiger partial charge in [-0.1, -0.05) is 44.0 Å². The van der Waals surface area contributed by atoms with Gasteiger partial charge in [-0.25, -0.2) is 4.39 Å². The molecule has 2 aromatic rings. The second kappa shape index (κ2) is 5.29. The minimum absolute atomic E-state index is 0.282. The molecule has 0 aliphatic rings. The molecule has 0 saturated carbocycles. The SMILES string of the molecule is NC(c1ccc(Br)cc1)c1cc(F)ccc1Br. The fourth-order valence-corrected chi connectivity index (χ4v) is 2.36. The Labute approximate surface area is 116 Å². The van der Waals surface area contributed by atoms with Gasteiger partial charge in [0.25, 0.3) is 0 Å². The van der Waals surface area contributed by atoms with Crippen LogP contribution < -0.4 is 5.73 Å². The van der Waals surface area contributed by atoms with E-state index in [1.165, 1.54) is 12.1 Å².